The van der Waals surface area contributed by atoms with Gasteiger partial charge in [0.05, 0.1) is 23.7 Å². The lowest BCUT2D eigenvalue weighted by Crippen LogP contribution is -2.27. The van der Waals surface area contributed by atoms with E-state index in [0.29, 0.717) is 11.2 Å². The predicted molar refractivity (Wildman–Crippen MR) is 74.5 cm³/mol. The summed E-state index contributed by atoms with van der Waals surface area (Å²) in [5.74, 6) is -0.319. The van der Waals surface area contributed by atoms with Crippen LogP contribution < -0.4 is 10.9 Å². The predicted octanol–water partition coefficient (Wildman–Crippen LogP) is 0.887. The van der Waals surface area contributed by atoms with Crippen LogP contribution in [-0.2, 0) is 11.3 Å². The van der Waals surface area contributed by atoms with Gasteiger partial charge < -0.3 is 5.32 Å². The molecule has 0 bridgehead atoms. The molecule has 0 aliphatic heterocycles. The molecule has 0 spiro atoms. The number of anilines is 1. The summed E-state index contributed by atoms with van der Waals surface area (Å²) in [5.41, 5.74) is 1.68. The molecule has 0 saturated carbocycles. The average Bonchev–Trinajstić information content (AvgIpc) is 2.91. The first-order chi connectivity index (χ1) is 9.74. The van der Waals surface area contributed by atoms with Gasteiger partial charge in [-0.15, -0.1) is 0 Å². The van der Waals surface area contributed by atoms with E-state index in [9.17, 15) is 9.59 Å². The summed E-state index contributed by atoms with van der Waals surface area (Å²) >= 11 is 1.08. The number of carbonyl (C=O) groups is 1. The fraction of sp³-hybridized carbons (Fsp3) is 0.0833. The summed E-state index contributed by atoms with van der Waals surface area (Å²) in [4.78, 5) is 27.3. The first-order valence-electron chi connectivity index (χ1n) is 5.75. The standard InChI is InChI=1S/C12H9N5O2S/c18-10(6-17-7-13-5-4-11(17)19)14-8-2-1-3-9-12(8)16-20-15-9/h1-5,7H,6H2,(H,14,18). The van der Waals surface area contributed by atoms with Crippen LogP contribution in [0.15, 0.2) is 41.6 Å². The van der Waals surface area contributed by atoms with Gasteiger partial charge in [0.25, 0.3) is 5.56 Å². The molecule has 0 aliphatic rings. The summed E-state index contributed by atoms with van der Waals surface area (Å²) in [5, 5.41) is 2.72. The van der Waals surface area contributed by atoms with E-state index in [1.807, 2.05) is 6.07 Å². The highest BCUT2D eigenvalue weighted by molar-refractivity contribution is 7.00. The van der Waals surface area contributed by atoms with E-state index in [0.717, 1.165) is 17.2 Å². The van der Waals surface area contributed by atoms with Crippen molar-refractivity contribution in [3.63, 3.8) is 0 Å². The summed E-state index contributed by atoms with van der Waals surface area (Å²) < 4.78 is 9.46. The molecule has 1 N–H and O–H groups in total. The zero-order valence-electron chi connectivity index (χ0n) is 10.2. The molecule has 0 radical (unpaired) electrons. The molecule has 100 valence electrons. The molecule has 0 fully saturated rings. The summed E-state index contributed by atoms with van der Waals surface area (Å²) in [6, 6.07) is 6.65. The lowest BCUT2D eigenvalue weighted by Gasteiger charge is -2.06. The Labute approximate surface area is 117 Å². The number of aromatic nitrogens is 4. The van der Waals surface area contributed by atoms with Crippen LogP contribution in [0.5, 0.6) is 0 Å². The van der Waals surface area contributed by atoms with Gasteiger partial charge in [0.1, 0.15) is 17.6 Å². The second kappa shape index (κ2) is 5.17. The van der Waals surface area contributed by atoms with Gasteiger partial charge in [0, 0.05) is 12.3 Å². The van der Waals surface area contributed by atoms with Crippen LogP contribution in [0.3, 0.4) is 0 Å². The number of rotatable bonds is 3. The molecule has 1 amide bonds. The van der Waals surface area contributed by atoms with E-state index < -0.39 is 0 Å². The maximum atomic E-state index is 12.0. The van der Waals surface area contributed by atoms with Crippen LogP contribution in [0.2, 0.25) is 0 Å². The Morgan fingerprint density at radius 1 is 1.30 bits per heavy atom. The van der Waals surface area contributed by atoms with Gasteiger partial charge in [-0.1, -0.05) is 6.07 Å². The summed E-state index contributed by atoms with van der Waals surface area (Å²) in [7, 11) is 0. The molecule has 0 atom stereocenters. The van der Waals surface area contributed by atoms with E-state index >= 15 is 0 Å². The maximum Gasteiger partial charge on any atom is 0.253 e. The van der Waals surface area contributed by atoms with Crippen molar-refractivity contribution in [3.8, 4) is 0 Å². The highest BCUT2D eigenvalue weighted by atomic mass is 32.1. The van der Waals surface area contributed by atoms with Crippen molar-refractivity contribution in [2.75, 3.05) is 5.32 Å². The Morgan fingerprint density at radius 3 is 3.05 bits per heavy atom. The first kappa shape index (κ1) is 12.4. The van der Waals surface area contributed by atoms with Crippen molar-refractivity contribution >= 4 is 34.4 Å². The smallest absolute Gasteiger partial charge is 0.253 e. The lowest BCUT2D eigenvalue weighted by molar-refractivity contribution is -0.116. The molecule has 3 rings (SSSR count). The van der Waals surface area contributed by atoms with Crippen molar-refractivity contribution < 1.29 is 4.79 Å². The highest BCUT2D eigenvalue weighted by Gasteiger charge is 2.09. The average molecular weight is 287 g/mol. The van der Waals surface area contributed by atoms with Crippen molar-refractivity contribution in [1.29, 1.82) is 0 Å². The molecular weight excluding hydrogens is 278 g/mol. The molecular formula is C12H9N5O2S. The summed E-state index contributed by atoms with van der Waals surface area (Å²) in [6.45, 7) is -0.0966. The number of nitrogens with zero attached hydrogens (tertiary/aromatic N) is 4. The van der Waals surface area contributed by atoms with Gasteiger partial charge in [-0.2, -0.15) is 8.75 Å². The molecule has 3 aromatic rings. The van der Waals surface area contributed by atoms with Crippen molar-refractivity contribution in [2.45, 2.75) is 6.54 Å². The number of nitrogens with one attached hydrogen (secondary N) is 1. The van der Waals surface area contributed by atoms with Crippen LogP contribution in [0.25, 0.3) is 11.0 Å². The normalized spacial score (nSPS) is 10.6. The van der Waals surface area contributed by atoms with Gasteiger partial charge in [-0.05, 0) is 12.1 Å². The highest BCUT2D eigenvalue weighted by Crippen LogP contribution is 2.20. The Hall–Kier alpha value is -2.61. The number of benzene rings is 1. The van der Waals surface area contributed by atoms with Gasteiger partial charge >= 0.3 is 0 Å². The molecule has 7 nitrogen and oxygen atoms in total. The van der Waals surface area contributed by atoms with Gasteiger partial charge in [-0.25, -0.2) is 4.98 Å². The van der Waals surface area contributed by atoms with Gasteiger partial charge in [0.15, 0.2) is 0 Å². The zero-order chi connectivity index (χ0) is 13.9. The van der Waals surface area contributed by atoms with Gasteiger partial charge in [-0.3, -0.25) is 14.2 Å². The molecule has 2 aromatic heterocycles. The monoisotopic (exact) mass is 287 g/mol. The third-order valence-corrected chi connectivity index (χ3v) is 3.21. The minimum absolute atomic E-state index is 0.0966. The van der Waals surface area contributed by atoms with Crippen molar-refractivity contribution in [3.05, 3.63) is 47.1 Å². The van der Waals surface area contributed by atoms with Crippen LogP contribution in [0.1, 0.15) is 0 Å². The summed E-state index contributed by atoms with van der Waals surface area (Å²) in [6.07, 6.45) is 2.71. The fourth-order valence-electron chi connectivity index (χ4n) is 1.75. The molecule has 1 aromatic carbocycles. The third kappa shape index (κ3) is 2.41. The van der Waals surface area contributed by atoms with E-state index in [1.165, 1.54) is 23.2 Å². The SMILES string of the molecule is O=C(Cn1cnccc1=O)Nc1cccc2nsnc12. The molecule has 0 unspecified atom stereocenters. The Balaban J connectivity index is 1.81. The maximum absolute atomic E-state index is 12.0. The minimum atomic E-state index is -0.319. The largest absolute Gasteiger partial charge is 0.323 e. The van der Waals surface area contributed by atoms with E-state index in [2.05, 4.69) is 19.0 Å². The topological polar surface area (TPSA) is 89.8 Å². The van der Waals surface area contributed by atoms with E-state index in [1.54, 1.807) is 12.1 Å². The number of amides is 1. The van der Waals surface area contributed by atoms with Crippen LogP contribution in [0.4, 0.5) is 5.69 Å². The van der Waals surface area contributed by atoms with E-state index in [4.69, 9.17) is 0 Å². The third-order valence-electron chi connectivity index (χ3n) is 2.67. The van der Waals surface area contributed by atoms with E-state index in [-0.39, 0.29) is 18.0 Å². The quantitative estimate of drug-likeness (QED) is 0.772. The molecule has 2 heterocycles. The molecule has 20 heavy (non-hydrogen) atoms. The minimum Gasteiger partial charge on any atom is -0.323 e. The molecule has 0 aliphatic carbocycles. The Bertz CT molecular complexity index is 826. The second-order valence-corrected chi connectivity index (χ2v) is 4.56. The van der Waals surface area contributed by atoms with Crippen molar-refractivity contribution in [2.24, 2.45) is 0 Å². The first-order valence-corrected chi connectivity index (χ1v) is 6.48. The molecule has 0 saturated heterocycles. The van der Waals surface area contributed by atoms with Crippen LogP contribution >= 0.6 is 11.7 Å². The number of fused-ring (bicyclic) bond motifs is 1. The Kier molecular flexibility index (Phi) is 3.21. The fourth-order valence-corrected chi connectivity index (χ4v) is 2.30. The Morgan fingerprint density at radius 2 is 2.20 bits per heavy atom. The molecule has 8 heteroatoms. The van der Waals surface area contributed by atoms with Crippen molar-refractivity contribution in [1.82, 2.24) is 18.3 Å². The number of carbonyl (C=O) groups excluding carboxylic acids is 1. The number of hydrogen-bond acceptors (Lipinski definition) is 6. The van der Waals surface area contributed by atoms with Gasteiger partial charge in [0.2, 0.25) is 5.91 Å². The lowest BCUT2D eigenvalue weighted by atomic mass is 10.2. The number of hydrogen-bond donors (Lipinski definition) is 1. The zero-order valence-corrected chi connectivity index (χ0v) is 11.0. The van der Waals surface area contributed by atoms with Crippen LogP contribution in [0, 0.1) is 0 Å². The van der Waals surface area contributed by atoms with Crippen LogP contribution in [-0.4, -0.2) is 24.2 Å². The second-order valence-electron chi connectivity index (χ2n) is 4.03.